The van der Waals surface area contributed by atoms with Crippen LogP contribution in [0.4, 0.5) is 0 Å². The van der Waals surface area contributed by atoms with Crippen molar-refractivity contribution in [2.75, 3.05) is 0 Å². The molecule has 4 heterocycles. The number of fused-ring (bicyclic) bond motifs is 3. The molecule has 0 aliphatic carbocycles. The number of aryl methyl sites for hydroxylation is 2. The van der Waals surface area contributed by atoms with Crippen molar-refractivity contribution in [2.24, 2.45) is 0 Å². The topological polar surface area (TPSA) is 91.0 Å². The van der Waals surface area contributed by atoms with Crippen LogP contribution in [-0.2, 0) is 11.2 Å². The Morgan fingerprint density at radius 3 is 2.65 bits per heavy atom. The maximum Gasteiger partial charge on any atom is 0.271 e. The van der Waals surface area contributed by atoms with E-state index < -0.39 is 0 Å². The van der Waals surface area contributed by atoms with Crippen LogP contribution in [0, 0.1) is 6.92 Å². The number of aromatic nitrogens is 3. The highest BCUT2D eigenvalue weighted by molar-refractivity contribution is 5.92. The van der Waals surface area contributed by atoms with E-state index in [0.29, 0.717) is 12.1 Å². The van der Waals surface area contributed by atoms with Gasteiger partial charge in [0, 0.05) is 47.8 Å². The molecule has 0 saturated carbocycles. The molecule has 3 aromatic rings. The van der Waals surface area contributed by atoms with Gasteiger partial charge in [-0.15, -0.1) is 0 Å². The molecule has 2 aromatic heterocycles. The molecular formula is C24H27N5O2. The van der Waals surface area contributed by atoms with Crippen LogP contribution < -0.4 is 5.32 Å². The lowest BCUT2D eigenvalue weighted by molar-refractivity contribution is -0.135. The predicted molar refractivity (Wildman–Crippen MR) is 118 cm³/mol. The fourth-order valence-electron chi connectivity index (χ4n) is 5.18. The maximum absolute atomic E-state index is 13.1. The Morgan fingerprint density at radius 2 is 1.90 bits per heavy atom. The number of carbonyl (C=O) groups excluding carboxylic acids is 2. The summed E-state index contributed by atoms with van der Waals surface area (Å²) in [6.45, 7) is 1.84. The number of piperidine rings is 1. The number of benzene rings is 1. The number of hydrogen-bond acceptors (Lipinski definition) is 4. The summed E-state index contributed by atoms with van der Waals surface area (Å²) in [5.74, 6) is 0.0444. The average molecular weight is 418 g/mol. The third kappa shape index (κ3) is 3.92. The summed E-state index contributed by atoms with van der Waals surface area (Å²) in [4.78, 5) is 39.3. The molecule has 2 aliphatic heterocycles. The number of aromatic amines is 1. The molecule has 7 nitrogen and oxygen atoms in total. The average Bonchev–Trinajstić information content (AvgIpc) is 3.31. The fourth-order valence-corrected chi connectivity index (χ4v) is 5.18. The van der Waals surface area contributed by atoms with Crippen LogP contribution in [0.25, 0.3) is 10.9 Å². The second kappa shape index (κ2) is 8.13. The third-order valence-electron chi connectivity index (χ3n) is 6.65. The van der Waals surface area contributed by atoms with Gasteiger partial charge in [-0.25, -0.2) is 4.98 Å². The minimum atomic E-state index is -0.184. The predicted octanol–water partition coefficient (Wildman–Crippen LogP) is 3.15. The minimum absolute atomic E-state index is 0.0748. The Labute approximate surface area is 181 Å². The summed E-state index contributed by atoms with van der Waals surface area (Å²) >= 11 is 0. The van der Waals surface area contributed by atoms with E-state index in [-0.39, 0.29) is 29.9 Å². The quantitative estimate of drug-likeness (QED) is 0.667. The van der Waals surface area contributed by atoms with Gasteiger partial charge in [-0.05, 0) is 50.7 Å². The molecule has 5 rings (SSSR count). The Balaban J connectivity index is 1.19. The Bertz CT molecular complexity index is 1090. The van der Waals surface area contributed by atoms with Gasteiger partial charge in [-0.1, -0.05) is 18.2 Å². The van der Waals surface area contributed by atoms with Crippen molar-refractivity contribution < 1.29 is 9.59 Å². The van der Waals surface area contributed by atoms with Gasteiger partial charge >= 0.3 is 0 Å². The van der Waals surface area contributed by atoms with Crippen LogP contribution in [0.15, 0.2) is 42.9 Å². The zero-order chi connectivity index (χ0) is 21.4. The van der Waals surface area contributed by atoms with Crippen molar-refractivity contribution >= 4 is 22.7 Å². The van der Waals surface area contributed by atoms with Crippen LogP contribution in [0.3, 0.4) is 0 Å². The molecule has 2 bridgehead atoms. The zero-order valence-electron chi connectivity index (χ0n) is 17.7. The molecule has 0 spiro atoms. The van der Waals surface area contributed by atoms with E-state index in [1.807, 2.05) is 25.3 Å². The molecule has 31 heavy (non-hydrogen) atoms. The maximum atomic E-state index is 13.1. The minimum Gasteiger partial charge on any atom is -0.361 e. The second-order valence-electron chi connectivity index (χ2n) is 8.73. The number of para-hydroxylation sites is 1. The number of hydrogen-bond donors (Lipinski definition) is 2. The number of nitrogens with one attached hydrogen (secondary N) is 2. The van der Waals surface area contributed by atoms with Crippen LogP contribution in [0.5, 0.6) is 0 Å². The van der Waals surface area contributed by atoms with Crippen LogP contribution in [-0.4, -0.2) is 49.8 Å². The summed E-state index contributed by atoms with van der Waals surface area (Å²) < 4.78 is 0. The van der Waals surface area contributed by atoms with Gasteiger partial charge in [-0.3, -0.25) is 14.6 Å². The van der Waals surface area contributed by atoms with Gasteiger partial charge in [-0.2, -0.15) is 0 Å². The SMILES string of the molecule is Cc1cnc(C(=O)NC2CC3CCC(C2)N3C(=O)CCc2c[nH]c3ccccc23)cn1. The van der Waals surface area contributed by atoms with Crippen LogP contribution >= 0.6 is 0 Å². The van der Waals surface area contributed by atoms with E-state index in [1.165, 1.54) is 17.1 Å². The van der Waals surface area contributed by atoms with Crippen molar-refractivity contribution in [3.8, 4) is 0 Å². The number of nitrogens with zero attached hydrogens (tertiary/aromatic N) is 3. The third-order valence-corrected chi connectivity index (χ3v) is 6.65. The molecule has 1 aromatic carbocycles. The molecule has 0 radical (unpaired) electrons. The highest BCUT2D eigenvalue weighted by Crippen LogP contribution is 2.36. The molecule has 7 heteroatoms. The zero-order valence-corrected chi connectivity index (χ0v) is 17.7. The largest absolute Gasteiger partial charge is 0.361 e. The lowest BCUT2D eigenvalue weighted by atomic mass is 9.96. The first-order valence-corrected chi connectivity index (χ1v) is 11.0. The summed E-state index contributed by atoms with van der Waals surface area (Å²) in [7, 11) is 0. The number of rotatable bonds is 5. The van der Waals surface area contributed by atoms with Crippen LogP contribution in [0.1, 0.15) is 53.8 Å². The van der Waals surface area contributed by atoms with Gasteiger partial charge in [0.25, 0.3) is 5.91 Å². The van der Waals surface area contributed by atoms with Crippen LogP contribution in [0.2, 0.25) is 0 Å². The monoisotopic (exact) mass is 417 g/mol. The van der Waals surface area contributed by atoms with Gasteiger partial charge in [0.15, 0.2) is 0 Å². The summed E-state index contributed by atoms with van der Waals surface area (Å²) in [5.41, 5.74) is 3.43. The first-order chi connectivity index (χ1) is 15.1. The van der Waals surface area contributed by atoms with E-state index in [2.05, 4.69) is 37.3 Å². The molecule has 2 fully saturated rings. The Kier molecular flexibility index (Phi) is 5.18. The number of carbonyl (C=O) groups is 2. The van der Waals surface area contributed by atoms with E-state index >= 15 is 0 Å². The summed E-state index contributed by atoms with van der Waals surface area (Å²) in [6.07, 6.45) is 10.0. The second-order valence-corrected chi connectivity index (χ2v) is 8.73. The van der Waals surface area contributed by atoms with Crippen molar-refractivity contribution in [3.05, 3.63) is 59.8 Å². The molecule has 2 saturated heterocycles. The Hall–Kier alpha value is -3.22. The van der Waals surface area contributed by atoms with E-state index in [9.17, 15) is 9.59 Å². The molecule has 2 atom stereocenters. The van der Waals surface area contributed by atoms with E-state index in [4.69, 9.17) is 0 Å². The van der Waals surface area contributed by atoms with Crippen molar-refractivity contribution in [2.45, 2.75) is 63.6 Å². The van der Waals surface area contributed by atoms with E-state index in [0.717, 1.165) is 43.3 Å². The van der Waals surface area contributed by atoms with E-state index in [1.54, 1.807) is 6.20 Å². The van der Waals surface area contributed by atoms with Gasteiger partial charge < -0.3 is 15.2 Å². The van der Waals surface area contributed by atoms with Gasteiger partial charge in [0.2, 0.25) is 5.91 Å². The van der Waals surface area contributed by atoms with Gasteiger partial charge in [0.1, 0.15) is 5.69 Å². The summed E-state index contributed by atoms with van der Waals surface area (Å²) in [5, 5.41) is 4.30. The lowest BCUT2D eigenvalue weighted by Crippen LogP contribution is -2.52. The molecule has 2 unspecified atom stereocenters. The number of H-pyrrole nitrogens is 1. The lowest BCUT2D eigenvalue weighted by Gasteiger charge is -2.39. The first kappa shape index (κ1) is 19.7. The smallest absolute Gasteiger partial charge is 0.271 e. The fraction of sp³-hybridized carbons (Fsp3) is 0.417. The number of amides is 2. The van der Waals surface area contributed by atoms with Gasteiger partial charge in [0.05, 0.1) is 11.9 Å². The molecular weight excluding hydrogens is 390 g/mol. The first-order valence-electron chi connectivity index (χ1n) is 11.0. The molecule has 2 N–H and O–H groups in total. The van der Waals surface area contributed by atoms with Crippen molar-refractivity contribution in [3.63, 3.8) is 0 Å². The molecule has 2 aliphatic rings. The highest BCUT2D eigenvalue weighted by Gasteiger charge is 2.43. The van der Waals surface area contributed by atoms with Crippen molar-refractivity contribution in [1.82, 2.24) is 25.2 Å². The standard InChI is InChI=1S/C24H27N5O2/c1-15-12-26-22(14-25-15)24(31)28-17-10-18-7-8-19(11-17)29(18)23(30)9-6-16-13-27-21-5-3-2-4-20(16)21/h2-5,12-14,17-19,27H,6-11H2,1H3,(H,28,31). The highest BCUT2D eigenvalue weighted by atomic mass is 16.2. The Morgan fingerprint density at radius 1 is 1.13 bits per heavy atom. The van der Waals surface area contributed by atoms with Crippen molar-refractivity contribution in [1.29, 1.82) is 0 Å². The molecule has 2 amide bonds. The summed E-state index contributed by atoms with van der Waals surface area (Å²) in [6, 6.07) is 8.70. The normalized spacial score (nSPS) is 22.6. The molecule has 160 valence electrons.